The van der Waals surface area contributed by atoms with Crippen LogP contribution in [-0.4, -0.2) is 58.5 Å². The first-order chi connectivity index (χ1) is 14.4. The minimum atomic E-state index is -3.49. The molecule has 154 valence electrons. The molecule has 0 radical (unpaired) electrons. The number of hydrogen-bond acceptors (Lipinski definition) is 7. The second-order valence-corrected chi connectivity index (χ2v) is 9.22. The fourth-order valence-electron chi connectivity index (χ4n) is 3.61. The lowest BCUT2D eigenvalue weighted by molar-refractivity contribution is 0.0711. The third-order valence-corrected chi connectivity index (χ3v) is 6.27. The topological polar surface area (TPSA) is 106 Å². The van der Waals surface area contributed by atoms with Gasteiger partial charge in [0.1, 0.15) is 10.6 Å². The van der Waals surface area contributed by atoms with E-state index in [0.717, 1.165) is 6.26 Å². The van der Waals surface area contributed by atoms with Gasteiger partial charge in [-0.15, -0.1) is 0 Å². The molecule has 1 amide bonds. The maximum Gasteiger partial charge on any atom is 0.255 e. The van der Waals surface area contributed by atoms with Gasteiger partial charge in [0.25, 0.3) is 5.91 Å². The Morgan fingerprint density at radius 3 is 2.47 bits per heavy atom. The van der Waals surface area contributed by atoms with E-state index in [4.69, 9.17) is 0 Å². The number of carbonyl (C=O) groups excluding carboxylic acids is 1. The predicted octanol–water partition coefficient (Wildman–Crippen LogP) is 2.36. The quantitative estimate of drug-likeness (QED) is 0.634. The van der Waals surface area contributed by atoms with Gasteiger partial charge in [0.2, 0.25) is 0 Å². The Kier molecular flexibility index (Phi) is 5.54. The van der Waals surface area contributed by atoms with Gasteiger partial charge in [-0.3, -0.25) is 14.8 Å². The molecule has 0 bridgehead atoms. The van der Waals surface area contributed by atoms with E-state index in [1.54, 1.807) is 47.8 Å². The van der Waals surface area contributed by atoms with Crippen LogP contribution in [0.15, 0.2) is 60.0 Å². The minimum absolute atomic E-state index is 0.0678. The molecular formula is C21H21N5O3S. The van der Waals surface area contributed by atoms with Crippen molar-refractivity contribution in [3.05, 3.63) is 66.4 Å². The molecule has 3 aromatic rings. The average Bonchev–Trinajstić information content (AvgIpc) is 2.79. The van der Waals surface area contributed by atoms with Crippen LogP contribution in [0.3, 0.4) is 0 Å². The van der Waals surface area contributed by atoms with Crippen LogP contribution in [0.4, 0.5) is 0 Å². The fraction of sp³-hybridized carbons (Fsp3) is 0.286. The molecule has 3 aromatic heterocycles. The Balaban J connectivity index is 1.60. The number of sulfone groups is 1. The molecule has 4 heterocycles. The minimum Gasteiger partial charge on any atom is -0.339 e. The monoisotopic (exact) mass is 423 g/mol. The van der Waals surface area contributed by atoms with E-state index in [0.29, 0.717) is 48.7 Å². The van der Waals surface area contributed by atoms with Crippen LogP contribution >= 0.6 is 0 Å². The van der Waals surface area contributed by atoms with Crippen molar-refractivity contribution in [1.29, 1.82) is 0 Å². The number of pyridine rings is 2. The zero-order chi connectivity index (χ0) is 21.1. The van der Waals surface area contributed by atoms with E-state index in [2.05, 4.69) is 19.9 Å². The molecule has 1 aliphatic heterocycles. The van der Waals surface area contributed by atoms with Crippen molar-refractivity contribution in [2.75, 3.05) is 19.3 Å². The Morgan fingerprint density at radius 2 is 1.83 bits per heavy atom. The van der Waals surface area contributed by atoms with E-state index >= 15 is 0 Å². The molecule has 0 aromatic carbocycles. The molecule has 0 spiro atoms. The molecule has 4 rings (SSSR count). The zero-order valence-corrected chi connectivity index (χ0v) is 17.3. The molecule has 1 saturated heterocycles. The first-order valence-corrected chi connectivity index (χ1v) is 11.5. The maximum atomic E-state index is 12.7. The third kappa shape index (κ3) is 4.20. The molecule has 8 nitrogen and oxygen atoms in total. The van der Waals surface area contributed by atoms with Gasteiger partial charge in [0, 0.05) is 50.1 Å². The van der Waals surface area contributed by atoms with Crippen LogP contribution in [0.5, 0.6) is 0 Å². The molecule has 30 heavy (non-hydrogen) atoms. The Morgan fingerprint density at radius 1 is 1.03 bits per heavy atom. The number of aromatic nitrogens is 4. The summed E-state index contributed by atoms with van der Waals surface area (Å²) in [5.74, 6) is 0.242. The molecule has 0 saturated carbocycles. The molecule has 0 atom stereocenters. The van der Waals surface area contributed by atoms with Gasteiger partial charge < -0.3 is 4.90 Å². The van der Waals surface area contributed by atoms with Crippen molar-refractivity contribution >= 4 is 15.7 Å². The van der Waals surface area contributed by atoms with Crippen molar-refractivity contribution in [3.63, 3.8) is 0 Å². The average molecular weight is 423 g/mol. The normalized spacial score (nSPS) is 15.2. The van der Waals surface area contributed by atoms with Gasteiger partial charge in [0.15, 0.2) is 15.7 Å². The second kappa shape index (κ2) is 8.27. The summed E-state index contributed by atoms with van der Waals surface area (Å²) in [6, 6.07) is 8.89. The highest BCUT2D eigenvalue weighted by molar-refractivity contribution is 7.90. The summed E-state index contributed by atoms with van der Waals surface area (Å²) in [7, 11) is -3.49. The fourth-order valence-corrected chi connectivity index (χ4v) is 4.44. The summed E-state index contributed by atoms with van der Waals surface area (Å²) in [5, 5.41) is 0. The van der Waals surface area contributed by atoms with Crippen LogP contribution in [-0.2, 0) is 9.84 Å². The SMILES string of the molecule is CS(=O)(=O)c1cnc(-c2ccccn2)nc1C1CCN(C(=O)c2cccnc2)CC1. The van der Waals surface area contributed by atoms with Gasteiger partial charge in [-0.25, -0.2) is 18.4 Å². The van der Waals surface area contributed by atoms with E-state index < -0.39 is 9.84 Å². The molecule has 9 heteroatoms. The highest BCUT2D eigenvalue weighted by Crippen LogP contribution is 2.32. The van der Waals surface area contributed by atoms with E-state index in [1.165, 1.54) is 6.20 Å². The summed E-state index contributed by atoms with van der Waals surface area (Å²) in [6.45, 7) is 1.04. The number of carbonyl (C=O) groups is 1. The first-order valence-electron chi connectivity index (χ1n) is 9.61. The summed E-state index contributed by atoms with van der Waals surface area (Å²) >= 11 is 0. The first kappa shape index (κ1) is 20.1. The number of nitrogens with zero attached hydrogens (tertiary/aromatic N) is 5. The number of rotatable bonds is 4. The Bertz CT molecular complexity index is 1150. The molecule has 0 unspecified atom stereocenters. The molecular weight excluding hydrogens is 402 g/mol. The lowest BCUT2D eigenvalue weighted by Gasteiger charge is -2.32. The molecule has 0 N–H and O–H groups in total. The van der Waals surface area contributed by atoms with Crippen LogP contribution in [0.25, 0.3) is 11.5 Å². The third-order valence-electron chi connectivity index (χ3n) is 5.15. The Hall–Kier alpha value is -3.20. The van der Waals surface area contributed by atoms with E-state index in [9.17, 15) is 13.2 Å². The van der Waals surface area contributed by atoms with E-state index in [1.807, 2.05) is 6.07 Å². The number of hydrogen-bond donors (Lipinski definition) is 0. The van der Waals surface area contributed by atoms with Crippen molar-refractivity contribution in [3.8, 4) is 11.5 Å². The van der Waals surface area contributed by atoms with Crippen LogP contribution in [0.1, 0.15) is 34.8 Å². The largest absolute Gasteiger partial charge is 0.339 e. The van der Waals surface area contributed by atoms with Gasteiger partial charge in [0.05, 0.1) is 11.3 Å². The van der Waals surface area contributed by atoms with Crippen LogP contribution < -0.4 is 0 Å². The Labute approximate surface area is 175 Å². The molecule has 0 aliphatic carbocycles. The zero-order valence-electron chi connectivity index (χ0n) is 16.5. The number of likely N-dealkylation sites (tertiary alicyclic amines) is 1. The van der Waals surface area contributed by atoms with Gasteiger partial charge >= 0.3 is 0 Å². The van der Waals surface area contributed by atoms with Crippen molar-refractivity contribution in [2.24, 2.45) is 0 Å². The summed E-state index contributed by atoms with van der Waals surface area (Å²) in [5.41, 5.74) is 1.64. The summed E-state index contributed by atoms with van der Waals surface area (Å²) in [6.07, 6.45) is 8.60. The highest BCUT2D eigenvalue weighted by Gasteiger charge is 2.29. The van der Waals surface area contributed by atoms with Crippen LogP contribution in [0, 0.1) is 0 Å². The summed E-state index contributed by atoms with van der Waals surface area (Å²) < 4.78 is 24.7. The predicted molar refractivity (Wildman–Crippen MR) is 110 cm³/mol. The van der Waals surface area contributed by atoms with Crippen molar-refractivity contribution in [2.45, 2.75) is 23.7 Å². The smallest absolute Gasteiger partial charge is 0.255 e. The lowest BCUT2D eigenvalue weighted by atomic mass is 9.93. The van der Waals surface area contributed by atoms with Gasteiger partial charge in [-0.2, -0.15) is 0 Å². The maximum absolute atomic E-state index is 12.7. The standard InChI is InChI=1S/C21H21N5O3S/c1-30(28,29)18-14-24-20(17-6-2-3-10-23-17)25-19(18)15-7-11-26(12-8-15)21(27)16-5-4-9-22-13-16/h2-6,9-10,13-15H,7-8,11-12H2,1H3. The van der Waals surface area contributed by atoms with Gasteiger partial charge in [-0.05, 0) is 37.1 Å². The summed E-state index contributed by atoms with van der Waals surface area (Å²) in [4.78, 5) is 31.7. The highest BCUT2D eigenvalue weighted by atomic mass is 32.2. The number of amides is 1. The lowest BCUT2D eigenvalue weighted by Crippen LogP contribution is -2.38. The van der Waals surface area contributed by atoms with Crippen LogP contribution in [0.2, 0.25) is 0 Å². The van der Waals surface area contributed by atoms with Crippen molar-refractivity contribution < 1.29 is 13.2 Å². The molecule has 1 aliphatic rings. The van der Waals surface area contributed by atoms with Gasteiger partial charge in [-0.1, -0.05) is 6.07 Å². The second-order valence-electron chi connectivity index (χ2n) is 7.24. The number of piperidine rings is 1. The van der Waals surface area contributed by atoms with E-state index in [-0.39, 0.29) is 16.7 Å². The molecule has 1 fully saturated rings. The van der Waals surface area contributed by atoms with Crippen molar-refractivity contribution in [1.82, 2.24) is 24.8 Å².